The fraction of sp³-hybridized carbons (Fsp3) is 0.647. The summed E-state index contributed by atoms with van der Waals surface area (Å²) in [6.45, 7) is 12.5. The highest BCUT2D eigenvalue weighted by Crippen LogP contribution is 2.27. The molecule has 0 radical (unpaired) electrons. The maximum Gasteiger partial charge on any atom is 0.120 e. The molecule has 0 amide bonds. The second kappa shape index (κ2) is 8.62. The van der Waals surface area contributed by atoms with Crippen LogP contribution in [0.3, 0.4) is 0 Å². The molecule has 0 aromatic heterocycles. The van der Waals surface area contributed by atoms with Crippen molar-refractivity contribution in [3.8, 4) is 5.75 Å². The van der Waals surface area contributed by atoms with Gasteiger partial charge in [-0.2, -0.15) is 0 Å². The zero-order valence-corrected chi connectivity index (χ0v) is 14.9. The molecule has 1 atom stereocenters. The van der Waals surface area contributed by atoms with Gasteiger partial charge in [0.25, 0.3) is 0 Å². The lowest BCUT2D eigenvalue weighted by Crippen LogP contribution is -2.39. The summed E-state index contributed by atoms with van der Waals surface area (Å²) in [5, 5.41) is 3.94. The Kier molecular flexibility index (Phi) is 7.50. The van der Waals surface area contributed by atoms with E-state index in [9.17, 15) is 0 Å². The molecule has 0 saturated carbocycles. The first-order chi connectivity index (χ1) is 9.86. The van der Waals surface area contributed by atoms with Crippen LogP contribution < -0.4 is 10.1 Å². The Morgan fingerprint density at radius 3 is 2.24 bits per heavy atom. The Morgan fingerprint density at radius 2 is 1.76 bits per heavy atom. The number of hydrogen-bond acceptors (Lipinski definition) is 3. The average Bonchev–Trinajstić information content (AvgIpc) is 2.42. The highest BCUT2D eigenvalue weighted by Gasteiger charge is 2.13. The van der Waals surface area contributed by atoms with Crippen LogP contribution in [0.4, 0.5) is 0 Å². The summed E-state index contributed by atoms with van der Waals surface area (Å²) >= 11 is 6.31. The second-order valence-corrected chi connectivity index (χ2v) is 6.37. The van der Waals surface area contributed by atoms with Gasteiger partial charge in [-0.05, 0) is 59.4 Å². The fourth-order valence-electron chi connectivity index (χ4n) is 2.49. The molecule has 0 heterocycles. The van der Waals surface area contributed by atoms with Gasteiger partial charge < -0.3 is 10.1 Å². The summed E-state index contributed by atoms with van der Waals surface area (Å²) in [6.07, 6.45) is 0. The van der Waals surface area contributed by atoms with E-state index in [1.807, 2.05) is 25.2 Å². The van der Waals surface area contributed by atoms with Crippen molar-refractivity contribution in [1.82, 2.24) is 10.2 Å². The van der Waals surface area contributed by atoms with Crippen molar-refractivity contribution in [3.63, 3.8) is 0 Å². The van der Waals surface area contributed by atoms with Gasteiger partial charge in [0.05, 0.1) is 0 Å². The number of hydrogen-bond donors (Lipinski definition) is 1. The second-order valence-electron chi connectivity index (χ2n) is 5.97. The minimum Gasteiger partial charge on any atom is -0.492 e. The minimum absolute atomic E-state index is 0.240. The van der Waals surface area contributed by atoms with Crippen LogP contribution in [0.25, 0.3) is 0 Å². The molecule has 1 aromatic carbocycles. The lowest BCUT2D eigenvalue weighted by atomic mass is 10.1. The summed E-state index contributed by atoms with van der Waals surface area (Å²) in [6, 6.07) is 7.21. The van der Waals surface area contributed by atoms with Crippen LogP contribution >= 0.6 is 11.6 Å². The van der Waals surface area contributed by atoms with E-state index in [-0.39, 0.29) is 6.04 Å². The van der Waals surface area contributed by atoms with Gasteiger partial charge in [-0.25, -0.2) is 0 Å². The van der Waals surface area contributed by atoms with Crippen LogP contribution in [0.15, 0.2) is 18.2 Å². The van der Waals surface area contributed by atoms with Gasteiger partial charge in [-0.3, -0.25) is 4.90 Å². The number of ether oxygens (including phenoxy) is 1. The third-order valence-electron chi connectivity index (χ3n) is 3.82. The van der Waals surface area contributed by atoms with E-state index in [0.717, 1.165) is 22.9 Å². The maximum absolute atomic E-state index is 6.31. The molecule has 0 fully saturated rings. The average molecular weight is 313 g/mol. The molecule has 0 aliphatic heterocycles. The first-order valence-electron chi connectivity index (χ1n) is 7.72. The van der Waals surface area contributed by atoms with E-state index in [1.54, 1.807) is 0 Å². The van der Waals surface area contributed by atoms with Crippen molar-refractivity contribution in [1.29, 1.82) is 0 Å². The van der Waals surface area contributed by atoms with Crippen LogP contribution in [-0.2, 0) is 0 Å². The van der Waals surface area contributed by atoms with E-state index >= 15 is 0 Å². The third-order valence-corrected chi connectivity index (χ3v) is 4.14. The van der Waals surface area contributed by atoms with Crippen LogP contribution in [0.2, 0.25) is 5.02 Å². The Balaban J connectivity index is 2.58. The molecule has 4 heteroatoms. The van der Waals surface area contributed by atoms with Crippen molar-refractivity contribution in [3.05, 3.63) is 28.8 Å². The first kappa shape index (κ1) is 18.3. The molecule has 1 unspecified atom stereocenters. The standard InChI is InChI=1S/C17H29ClN2O/c1-12(2)20(13(3)4)9-10-21-15-7-8-16(14(5)19-6)17(18)11-15/h7-8,11-14,19H,9-10H2,1-6H3. The molecular formula is C17H29ClN2O. The SMILES string of the molecule is CNC(C)c1ccc(OCCN(C(C)C)C(C)C)cc1Cl. The topological polar surface area (TPSA) is 24.5 Å². The van der Waals surface area contributed by atoms with Gasteiger partial charge in [0.2, 0.25) is 0 Å². The molecule has 0 saturated heterocycles. The van der Waals surface area contributed by atoms with Gasteiger partial charge in [-0.15, -0.1) is 0 Å². The van der Waals surface area contributed by atoms with Crippen molar-refractivity contribution < 1.29 is 4.74 Å². The summed E-state index contributed by atoms with van der Waals surface area (Å²) in [5.41, 5.74) is 1.09. The maximum atomic E-state index is 6.31. The van der Waals surface area contributed by atoms with E-state index < -0.39 is 0 Å². The first-order valence-corrected chi connectivity index (χ1v) is 8.09. The van der Waals surface area contributed by atoms with Crippen LogP contribution in [0.5, 0.6) is 5.75 Å². The molecule has 1 aromatic rings. The molecule has 0 aliphatic carbocycles. The Labute approximate surface area is 134 Å². The Morgan fingerprint density at radius 1 is 1.14 bits per heavy atom. The zero-order valence-electron chi connectivity index (χ0n) is 14.1. The van der Waals surface area contributed by atoms with Crippen LogP contribution in [-0.4, -0.2) is 37.2 Å². The molecule has 21 heavy (non-hydrogen) atoms. The lowest BCUT2D eigenvalue weighted by molar-refractivity contribution is 0.142. The highest BCUT2D eigenvalue weighted by molar-refractivity contribution is 6.31. The van der Waals surface area contributed by atoms with Gasteiger partial charge in [0.15, 0.2) is 0 Å². The molecule has 120 valence electrons. The predicted octanol–water partition coefficient (Wildman–Crippen LogP) is 4.12. The fourth-order valence-corrected chi connectivity index (χ4v) is 2.82. The summed E-state index contributed by atoms with van der Waals surface area (Å²) in [7, 11) is 1.93. The van der Waals surface area contributed by atoms with Crippen LogP contribution in [0.1, 0.15) is 46.2 Å². The minimum atomic E-state index is 0.240. The van der Waals surface area contributed by atoms with E-state index in [4.69, 9.17) is 16.3 Å². The summed E-state index contributed by atoms with van der Waals surface area (Å²) in [4.78, 5) is 2.42. The smallest absolute Gasteiger partial charge is 0.120 e. The number of nitrogens with one attached hydrogen (secondary N) is 1. The largest absolute Gasteiger partial charge is 0.492 e. The predicted molar refractivity (Wildman–Crippen MR) is 91.4 cm³/mol. The normalized spacial score (nSPS) is 13.2. The highest BCUT2D eigenvalue weighted by atomic mass is 35.5. The molecule has 0 bridgehead atoms. The van der Waals surface area contributed by atoms with E-state index in [1.165, 1.54) is 0 Å². The van der Waals surface area contributed by atoms with E-state index in [0.29, 0.717) is 18.7 Å². The molecular weight excluding hydrogens is 284 g/mol. The van der Waals surface area contributed by atoms with Gasteiger partial charge in [-0.1, -0.05) is 17.7 Å². The zero-order chi connectivity index (χ0) is 16.0. The third kappa shape index (κ3) is 5.50. The quantitative estimate of drug-likeness (QED) is 0.781. The molecule has 0 aliphatic rings. The number of benzene rings is 1. The van der Waals surface area contributed by atoms with E-state index in [2.05, 4.69) is 44.8 Å². The molecule has 3 nitrogen and oxygen atoms in total. The number of nitrogens with zero attached hydrogens (tertiary/aromatic N) is 1. The molecule has 0 spiro atoms. The van der Waals surface area contributed by atoms with Gasteiger partial charge in [0.1, 0.15) is 12.4 Å². The van der Waals surface area contributed by atoms with Crippen LogP contribution in [0, 0.1) is 0 Å². The lowest BCUT2D eigenvalue weighted by Gasteiger charge is -2.30. The van der Waals surface area contributed by atoms with Crippen molar-refractivity contribution in [2.75, 3.05) is 20.2 Å². The monoisotopic (exact) mass is 312 g/mol. The number of rotatable bonds is 8. The van der Waals surface area contributed by atoms with Crippen molar-refractivity contribution in [2.24, 2.45) is 0 Å². The van der Waals surface area contributed by atoms with Gasteiger partial charge in [0, 0.05) is 29.7 Å². The summed E-state index contributed by atoms with van der Waals surface area (Å²) in [5.74, 6) is 0.833. The molecule has 1 rings (SSSR count). The molecule has 1 N–H and O–H groups in total. The van der Waals surface area contributed by atoms with Crippen molar-refractivity contribution >= 4 is 11.6 Å². The van der Waals surface area contributed by atoms with Crippen molar-refractivity contribution in [2.45, 2.75) is 52.7 Å². The number of halogens is 1. The Bertz CT molecular complexity index is 427. The van der Waals surface area contributed by atoms with Gasteiger partial charge >= 0.3 is 0 Å². The summed E-state index contributed by atoms with van der Waals surface area (Å²) < 4.78 is 5.84. The Hall–Kier alpha value is -0.770.